The lowest BCUT2D eigenvalue weighted by molar-refractivity contribution is 1.18. The number of hydrogen-bond donors (Lipinski definition) is 0. The monoisotopic (exact) mass is 188 g/mol. The summed E-state index contributed by atoms with van der Waals surface area (Å²) in [6, 6.07) is 8.51. The molecular weight excluding hydrogens is 176 g/mol. The second kappa shape index (κ2) is 3.35. The molecule has 0 fully saturated rings. The predicted molar refractivity (Wildman–Crippen MR) is 61.3 cm³/mol. The number of rotatable bonds is 2. The summed E-state index contributed by atoms with van der Waals surface area (Å²) in [5.41, 5.74) is 1.32. The van der Waals surface area contributed by atoms with Crippen molar-refractivity contribution in [2.45, 2.75) is 13.3 Å². The van der Waals surface area contributed by atoms with Crippen molar-refractivity contribution >= 4 is 27.5 Å². The maximum Gasteiger partial charge on any atom is 0.0351 e. The highest BCUT2D eigenvalue weighted by Gasteiger charge is 2.06. The van der Waals surface area contributed by atoms with E-state index in [1.807, 2.05) is 17.4 Å². The van der Waals surface area contributed by atoms with Crippen LogP contribution in [0.3, 0.4) is 0 Å². The molecule has 0 amide bonds. The maximum atomic E-state index is 3.87. The van der Waals surface area contributed by atoms with Crippen molar-refractivity contribution in [3.63, 3.8) is 0 Å². The van der Waals surface area contributed by atoms with Gasteiger partial charge in [-0.3, -0.25) is 0 Å². The molecule has 1 aromatic carbocycles. The molecule has 0 aliphatic rings. The summed E-state index contributed by atoms with van der Waals surface area (Å²) >= 11 is 1.88. The van der Waals surface area contributed by atoms with Crippen LogP contribution in [0.4, 0.5) is 0 Å². The molecule has 0 saturated heterocycles. The van der Waals surface area contributed by atoms with E-state index in [4.69, 9.17) is 0 Å². The van der Waals surface area contributed by atoms with Crippen LogP contribution in [0, 0.1) is 0 Å². The minimum absolute atomic E-state index is 1.10. The second-order valence-electron chi connectivity index (χ2n) is 2.99. The molecule has 66 valence electrons. The summed E-state index contributed by atoms with van der Waals surface area (Å²) in [6.45, 7) is 6.06. The topological polar surface area (TPSA) is 0 Å². The van der Waals surface area contributed by atoms with Crippen LogP contribution in [0.5, 0.6) is 0 Å². The van der Waals surface area contributed by atoms with Crippen LogP contribution >= 0.6 is 11.3 Å². The van der Waals surface area contributed by atoms with E-state index in [1.54, 1.807) is 0 Å². The largest absolute Gasteiger partial charge is 0.140 e. The van der Waals surface area contributed by atoms with Gasteiger partial charge in [-0.2, -0.15) is 0 Å². The highest BCUT2D eigenvalue weighted by atomic mass is 32.1. The van der Waals surface area contributed by atoms with Crippen LogP contribution in [0.2, 0.25) is 0 Å². The van der Waals surface area contributed by atoms with E-state index in [2.05, 4.69) is 37.8 Å². The van der Waals surface area contributed by atoms with E-state index in [0.29, 0.717) is 0 Å². The molecule has 1 heteroatoms. The van der Waals surface area contributed by atoms with Crippen molar-refractivity contribution < 1.29 is 0 Å². The summed E-state index contributed by atoms with van der Waals surface area (Å²) < 4.78 is 1.37. The average Bonchev–Trinajstić information content (AvgIpc) is 2.55. The quantitative estimate of drug-likeness (QED) is 0.665. The third kappa shape index (κ3) is 1.29. The molecule has 0 N–H and O–H groups in total. The van der Waals surface area contributed by atoms with Gasteiger partial charge in [0, 0.05) is 9.58 Å². The van der Waals surface area contributed by atoms with Gasteiger partial charge < -0.3 is 0 Å². The van der Waals surface area contributed by atoms with E-state index in [-0.39, 0.29) is 0 Å². The van der Waals surface area contributed by atoms with E-state index >= 15 is 0 Å². The number of thiophene rings is 1. The second-order valence-corrected chi connectivity index (χ2v) is 4.13. The Bertz CT molecular complexity index is 437. The molecule has 0 bridgehead atoms. The Morgan fingerprint density at radius 3 is 2.85 bits per heavy atom. The van der Waals surface area contributed by atoms with Crippen LogP contribution in [-0.4, -0.2) is 0 Å². The predicted octanol–water partition coefficient (Wildman–Crippen LogP) is 4.11. The molecule has 0 atom stereocenters. The highest BCUT2D eigenvalue weighted by molar-refractivity contribution is 7.19. The maximum absolute atomic E-state index is 3.87. The van der Waals surface area contributed by atoms with Crippen LogP contribution in [0.15, 0.2) is 30.8 Å². The number of hydrogen-bond acceptors (Lipinski definition) is 1. The Morgan fingerprint density at radius 2 is 2.15 bits per heavy atom. The molecule has 0 saturated carbocycles. The molecule has 0 aliphatic heterocycles. The van der Waals surface area contributed by atoms with Crippen LogP contribution < -0.4 is 0 Å². The summed E-state index contributed by atoms with van der Waals surface area (Å²) in [7, 11) is 0. The van der Waals surface area contributed by atoms with Gasteiger partial charge in [0.1, 0.15) is 0 Å². The minimum atomic E-state index is 1.10. The van der Waals surface area contributed by atoms with Crippen molar-refractivity contribution in [1.82, 2.24) is 0 Å². The molecule has 1 heterocycles. The molecule has 0 aliphatic carbocycles. The fraction of sp³-hybridized carbons (Fsp3) is 0.167. The van der Waals surface area contributed by atoms with Crippen molar-refractivity contribution in [3.05, 3.63) is 41.3 Å². The standard InChI is InChI=1S/C12H12S/c1-3-9-10-7-5-6-8-12(10)13-11(9)4-2/h3,5-8H,1,4H2,2H3. The lowest BCUT2D eigenvalue weighted by atomic mass is 10.1. The van der Waals surface area contributed by atoms with E-state index < -0.39 is 0 Å². The van der Waals surface area contributed by atoms with Crippen molar-refractivity contribution in [2.24, 2.45) is 0 Å². The summed E-state index contributed by atoms with van der Waals surface area (Å²) in [4.78, 5) is 1.44. The van der Waals surface area contributed by atoms with Crippen LogP contribution in [0.1, 0.15) is 17.4 Å². The molecule has 0 spiro atoms. The van der Waals surface area contributed by atoms with E-state index in [0.717, 1.165) is 6.42 Å². The first kappa shape index (κ1) is 8.52. The van der Waals surface area contributed by atoms with Crippen molar-refractivity contribution in [3.8, 4) is 0 Å². The van der Waals surface area contributed by atoms with Gasteiger partial charge in [-0.15, -0.1) is 11.3 Å². The van der Waals surface area contributed by atoms with Crippen molar-refractivity contribution in [1.29, 1.82) is 0 Å². The Hall–Kier alpha value is -1.08. The first-order chi connectivity index (χ1) is 6.36. The van der Waals surface area contributed by atoms with Gasteiger partial charge in [-0.05, 0) is 23.4 Å². The van der Waals surface area contributed by atoms with E-state index in [1.165, 1.54) is 20.5 Å². The van der Waals surface area contributed by atoms with Crippen LogP contribution in [-0.2, 0) is 6.42 Å². The Labute approximate surface area is 82.5 Å². The molecule has 2 rings (SSSR count). The summed E-state index contributed by atoms with van der Waals surface area (Å²) in [5.74, 6) is 0. The molecule has 1 aromatic heterocycles. The SMILES string of the molecule is C=Cc1c(CC)sc2ccccc12. The smallest absolute Gasteiger partial charge is 0.0351 e. The third-order valence-electron chi connectivity index (χ3n) is 2.24. The summed E-state index contributed by atoms with van der Waals surface area (Å²) in [6.07, 6.45) is 3.07. The Morgan fingerprint density at radius 1 is 1.38 bits per heavy atom. The van der Waals surface area contributed by atoms with Gasteiger partial charge in [0.05, 0.1) is 0 Å². The molecule has 13 heavy (non-hydrogen) atoms. The first-order valence-electron chi connectivity index (χ1n) is 4.49. The highest BCUT2D eigenvalue weighted by Crippen LogP contribution is 2.32. The number of aryl methyl sites for hydroxylation is 1. The van der Waals surface area contributed by atoms with Crippen molar-refractivity contribution in [2.75, 3.05) is 0 Å². The van der Waals surface area contributed by atoms with Gasteiger partial charge >= 0.3 is 0 Å². The fourth-order valence-corrected chi connectivity index (χ4v) is 2.75. The fourth-order valence-electron chi connectivity index (χ4n) is 1.60. The molecule has 0 nitrogen and oxygen atoms in total. The zero-order valence-electron chi connectivity index (χ0n) is 7.71. The van der Waals surface area contributed by atoms with Gasteiger partial charge in [-0.25, -0.2) is 0 Å². The molecule has 2 aromatic rings. The number of fused-ring (bicyclic) bond motifs is 1. The van der Waals surface area contributed by atoms with Gasteiger partial charge in [0.2, 0.25) is 0 Å². The molecule has 0 unspecified atom stereocenters. The minimum Gasteiger partial charge on any atom is -0.140 e. The zero-order chi connectivity index (χ0) is 9.26. The van der Waals surface area contributed by atoms with Crippen LogP contribution in [0.25, 0.3) is 16.2 Å². The lowest BCUT2D eigenvalue weighted by Gasteiger charge is -1.93. The molecule has 0 radical (unpaired) electrons. The lowest BCUT2D eigenvalue weighted by Crippen LogP contribution is -1.75. The molecular formula is C12H12S. The van der Waals surface area contributed by atoms with Gasteiger partial charge in [0.15, 0.2) is 0 Å². The average molecular weight is 188 g/mol. The third-order valence-corrected chi connectivity index (χ3v) is 3.57. The first-order valence-corrected chi connectivity index (χ1v) is 5.31. The van der Waals surface area contributed by atoms with Gasteiger partial charge in [-0.1, -0.05) is 37.8 Å². The Balaban J connectivity index is 2.81. The van der Waals surface area contributed by atoms with Gasteiger partial charge in [0.25, 0.3) is 0 Å². The van der Waals surface area contributed by atoms with E-state index in [9.17, 15) is 0 Å². The zero-order valence-corrected chi connectivity index (χ0v) is 8.53. The Kier molecular flexibility index (Phi) is 2.19. The summed E-state index contributed by atoms with van der Waals surface area (Å²) in [5, 5.41) is 1.35. The number of benzene rings is 1. The normalized spacial score (nSPS) is 10.5.